The maximum absolute atomic E-state index is 9.71. The van der Waals surface area contributed by atoms with Crippen LogP contribution in [0.2, 0.25) is 5.02 Å². The minimum atomic E-state index is 0.150. The average molecular weight is 269 g/mol. The van der Waals surface area contributed by atoms with Gasteiger partial charge < -0.3 is 10.4 Å². The lowest BCUT2D eigenvalue weighted by molar-refractivity contribution is 0.464. The van der Waals surface area contributed by atoms with Crippen molar-refractivity contribution in [2.24, 2.45) is 0 Å². The molecule has 1 aromatic heterocycles. The molecule has 0 bridgehead atoms. The summed E-state index contributed by atoms with van der Waals surface area (Å²) in [5.41, 5.74) is 1.84. The topological polar surface area (TPSA) is 45.1 Å². The van der Waals surface area contributed by atoms with Crippen LogP contribution >= 0.6 is 22.9 Å². The fourth-order valence-corrected chi connectivity index (χ4v) is 2.43. The van der Waals surface area contributed by atoms with E-state index in [4.69, 9.17) is 11.6 Å². The molecule has 0 atom stereocenters. The van der Waals surface area contributed by atoms with Crippen LogP contribution in [0.3, 0.4) is 0 Å². The molecular formula is C12H13ClN2OS. The van der Waals surface area contributed by atoms with Gasteiger partial charge in [-0.3, -0.25) is 0 Å². The summed E-state index contributed by atoms with van der Waals surface area (Å²) in [5.74, 6) is 0.150. The zero-order valence-electron chi connectivity index (χ0n) is 9.40. The molecule has 0 saturated heterocycles. The summed E-state index contributed by atoms with van der Waals surface area (Å²) in [6, 6.07) is 5.35. The van der Waals surface area contributed by atoms with Crippen molar-refractivity contribution < 1.29 is 5.11 Å². The van der Waals surface area contributed by atoms with Crippen LogP contribution in [0.4, 0.5) is 0 Å². The lowest BCUT2D eigenvalue weighted by Gasteiger charge is -2.06. The summed E-state index contributed by atoms with van der Waals surface area (Å²) >= 11 is 7.45. The van der Waals surface area contributed by atoms with Gasteiger partial charge in [-0.05, 0) is 13.0 Å². The SMILES string of the molecule is Cc1csc(CNCc2cccc(Cl)c2O)n1. The van der Waals surface area contributed by atoms with Crippen molar-refractivity contribution in [1.29, 1.82) is 0 Å². The van der Waals surface area contributed by atoms with E-state index in [1.807, 2.05) is 24.4 Å². The van der Waals surface area contributed by atoms with Gasteiger partial charge in [-0.25, -0.2) is 4.98 Å². The van der Waals surface area contributed by atoms with Crippen LogP contribution in [0, 0.1) is 6.92 Å². The number of aromatic hydroxyl groups is 1. The Morgan fingerprint density at radius 3 is 2.94 bits per heavy atom. The molecule has 5 heteroatoms. The first-order chi connectivity index (χ1) is 8.16. The van der Waals surface area contributed by atoms with Crippen LogP contribution < -0.4 is 5.32 Å². The van der Waals surface area contributed by atoms with Crippen LogP contribution in [0.5, 0.6) is 5.75 Å². The predicted molar refractivity (Wildman–Crippen MR) is 70.5 cm³/mol. The first-order valence-electron chi connectivity index (χ1n) is 5.25. The Kier molecular flexibility index (Phi) is 3.99. The van der Waals surface area contributed by atoms with Crippen LogP contribution in [-0.2, 0) is 13.1 Å². The number of nitrogens with zero attached hydrogens (tertiary/aromatic N) is 1. The molecule has 2 rings (SSSR count). The zero-order chi connectivity index (χ0) is 12.3. The van der Waals surface area contributed by atoms with Crippen molar-refractivity contribution in [3.8, 4) is 5.75 Å². The average Bonchev–Trinajstić information content (AvgIpc) is 2.70. The number of rotatable bonds is 4. The van der Waals surface area contributed by atoms with E-state index in [1.54, 1.807) is 17.4 Å². The molecule has 0 spiro atoms. The summed E-state index contributed by atoms with van der Waals surface area (Å²) < 4.78 is 0. The molecule has 0 unspecified atom stereocenters. The van der Waals surface area contributed by atoms with Crippen molar-refractivity contribution in [2.45, 2.75) is 20.0 Å². The van der Waals surface area contributed by atoms with Crippen LogP contribution in [-0.4, -0.2) is 10.1 Å². The van der Waals surface area contributed by atoms with E-state index < -0.39 is 0 Å². The Morgan fingerprint density at radius 1 is 1.41 bits per heavy atom. The van der Waals surface area contributed by atoms with E-state index in [0.29, 0.717) is 18.1 Å². The molecule has 2 N–H and O–H groups in total. The molecule has 0 aliphatic carbocycles. The first kappa shape index (κ1) is 12.4. The number of halogens is 1. The third-order valence-electron chi connectivity index (χ3n) is 2.33. The first-order valence-corrected chi connectivity index (χ1v) is 6.50. The van der Waals surface area contributed by atoms with Crippen molar-refractivity contribution in [2.75, 3.05) is 0 Å². The second-order valence-electron chi connectivity index (χ2n) is 3.73. The number of thiazole rings is 1. The van der Waals surface area contributed by atoms with Gasteiger partial charge in [-0.15, -0.1) is 11.3 Å². The second-order valence-corrected chi connectivity index (χ2v) is 5.08. The molecule has 0 fully saturated rings. The van der Waals surface area contributed by atoms with Gasteiger partial charge in [-0.1, -0.05) is 23.7 Å². The Hall–Kier alpha value is -1.10. The standard InChI is InChI=1S/C12H13ClN2OS/c1-8-7-17-11(15-8)6-14-5-9-3-2-4-10(13)12(9)16/h2-4,7,14,16H,5-6H2,1H3. The Balaban J connectivity index is 1.92. The minimum absolute atomic E-state index is 0.150. The number of nitrogens with one attached hydrogen (secondary N) is 1. The molecule has 0 aliphatic rings. The molecular weight excluding hydrogens is 256 g/mol. The van der Waals surface area contributed by atoms with Gasteiger partial charge in [0.15, 0.2) is 0 Å². The number of aryl methyl sites for hydroxylation is 1. The fourth-order valence-electron chi connectivity index (χ4n) is 1.49. The number of phenols is 1. The summed E-state index contributed by atoms with van der Waals surface area (Å²) in [6.07, 6.45) is 0. The molecule has 90 valence electrons. The van der Waals surface area contributed by atoms with Gasteiger partial charge in [0.05, 0.1) is 5.02 Å². The Labute approximate surface area is 109 Å². The molecule has 1 aromatic carbocycles. The largest absolute Gasteiger partial charge is 0.506 e. The molecule has 0 aliphatic heterocycles. The molecule has 1 heterocycles. The second kappa shape index (κ2) is 5.49. The van der Waals surface area contributed by atoms with Crippen LogP contribution in [0.25, 0.3) is 0 Å². The lowest BCUT2D eigenvalue weighted by atomic mass is 10.2. The highest BCUT2D eigenvalue weighted by atomic mass is 35.5. The Bertz CT molecular complexity index is 513. The molecule has 3 nitrogen and oxygen atoms in total. The minimum Gasteiger partial charge on any atom is -0.506 e. The zero-order valence-corrected chi connectivity index (χ0v) is 11.0. The lowest BCUT2D eigenvalue weighted by Crippen LogP contribution is -2.12. The molecule has 2 aromatic rings. The summed E-state index contributed by atoms with van der Waals surface area (Å²) in [6.45, 7) is 3.25. The van der Waals surface area contributed by atoms with Gasteiger partial charge in [0.2, 0.25) is 0 Å². The van der Waals surface area contributed by atoms with Gasteiger partial charge in [0.1, 0.15) is 10.8 Å². The van der Waals surface area contributed by atoms with Crippen molar-refractivity contribution in [3.63, 3.8) is 0 Å². The van der Waals surface area contributed by atoms with Gasteiger partial charge in [0, 0.05) is 29.7 Å². The normalized spacial score (nSPS) is 10.7. The van der Waals surface area contributed by atoms with Crippen molar-refractivity contribution in [1.82, 2.24) is 10.3 Å². The van der Waals surface area contributed by atoms with E-state index in [2.05, 4.69) is 10.3 Å². The predicted octanol–water partition coefficient (Wildman–Crippen LogP) is 3.10. The third kappa shape index (κ3) is 3.19. The smallest absolute Gasteiger partial charge is 0.138 e. The molecule has 0 amide bonds. The number of phenolic OH excluding ortho intramolecular Hbond substituents is 1. The van der Waals surface area contributed by atoms with Gasteiger partial charge >= 0.3 is 0 Å². The molecule has 0 saturated carbocycles. The van der Waals surface area contributed by atoms with Gasteiger partial charge in [-0.2, -0.15) is 0 Å². The number of benzene rings is 1. The maximum atomic E-state index is 9.71. The third-order valence-corrected chi connectivity index (χ3v) is 3.60. The maximum Gasteiger partial charge on any atom is 0.138 e. The summed E-state index contributed by atoms with van der Waals surface area (Å²) in [7, 11) is 0. The van der Waals surface area contributed by atoms with E-state index in [9.17, 15) is 5.11 Å². The van der Waals surface area contributed by atoms with Gasteiger partial charge in [0.25, 0.3) is 0 Å². The van der Waals surface area contributed by atoms with Crippen LogP contribution in [0.15, 0.2) is 23.6 Å². The monoisotopic (exact) mass is 268 g/mol. The summed E-state index contributed by atoms with van der Waals surface area (Å²) in [5, 5.41) is 16.4. The fraction of sp³-hybridized carbons (Fsp3) is 0.250. The highest BCUT2D eigenvalue weighted by molar-refractivity contribution is 7.09. The van der Waals surface area contributed by atoms with E-state index in [1.165, 1.54) is 0 Å². The Morgan fingerprint density at radius 2 is 2.24 bits per heavy atom. The number of para-hydroxylation sites is 1. The number of aromatic nitrogens is 1. The number of hydrogen-bond donors (Lipinski definition) is 2. The van der Waals surface area contributed by atoms with E-state index in [-0.39, 0.29) is 5.75 Å². The highest BCUT2D eigenvalue weighted by Gasteiger charge is 2.05. The van der Waals surface area contributed by atoms with Crippen molar-refractivity contribution >= 4 is 22.9 Å². The number of hydrogen-bond acceptors (Lipinski definition) is 4. The molecule has 0 radical (unpaired) electrons. The van der Waals surface area contributed by atoms with Crippen molar-refractivity contribution in [3.05, 3.63) is 44.9 Å². The molecule has 17 heavy (non-hydrogen) atoms. The quantitative estimate of drug-likeness (QED) is 0.896. The highest BCUT2D eigenvalue weighted by Crippen LogP contribution is 2.26. The summed E-state index contributed by atoms with van der Waals surface area (Å²) in [4.78, 5) is 4.35. The van der Waals surface area contributed by atoms with E-state index >= 15 is 0 Å². The van der Waals surface area contributed by atoms with Crippen LogP contribution in [0.1, 0.15) is 16.3 Å². The van der Waals surface area contributed by atoms with E-state index in [0.717, 1.165) is 16.3 Å².